The largest absolute Gasteiger partial charge is 0.445 e. The van der Waals surface area contributed by atoms with Gasteiger partial charge in [0.25, 0.3) is 17.5 Å². The minimum atomic E-state index is -1.17. The molecule has 0 unspecified atom stereocenters. The third kappa shape index (κ3) is 4.75. The molecule has 1 aromatic carbocycles. The van der Waals surface area contributed by atoms with E-state index in [1.807, 2.05) is 0 Å². The average molecular weight is 365 g/mol. The molecular weight excluding hydrogens is 350 g/mol. The Kier molecular flexibility index (Phi) is 5.83. The number of hydrogen-bond acceptors (Lipinski definition) is 8. The molecule has 11 nitrogen and oxygen atoms in total. The number of imide groups is 1. The van der Waals surface area contributed by atoms with Crippen LogP contribution in [-0.4, -0.2) is 39.9 Å². The number of amides is 3. The van der Waals surface area contributed by atoms with E-state index in [2.05, 4.69) is 10.2 Å². The van der Waals surface area contributed by atoms with Crippen LogP contribution in [0.3, 0.4) is 0 Å². The highest BCUT2D eigenvalue weighted by atomic mass is 16.7. The number of nitro groups is 1. The maximum Gasteiger partial charge on any atom is 0.408 e. The molecule has 11 heteroatoms. The van der Waals surface area contributed by atoms with Crippen molar-refractivity contribution in [2.45, 2.75) is 32.4 Å². The lowest BCUT2D eigenvalue weighted by Crippen LogP contribution is -2.43. The van der Waals surface area contributed by atoms with Gasteiger partial charge in [-0.3, -0.25) is 19.7 Å². The van der Waals surface area contributed by atoms with Crippen molar-refractivity contribution >= 4 is 29.6 Å². The number of carbonyl (C=O) groups excluding carboxylic acids is 4. The summed E-state index contributed by atoms with van der Waals surface area (Å²) in [5.74, 6) is -2.26. The van der Waals surface area contributed by atoms with E-state index in [0.717, 1.165) is 0 Å². The second-order valence-corrected chi connectivity index (χ2v) is 5.36. The van der Waals surface area contributed by atoms with E-state index in [-0.39, 0.29) is 25.1 Å². The lowest BCUT2D eigenvalue weighted by molar-refractivity contribution is -0.384. The highest BCUT2D eigenvalue weighted by molar-refractivity contribution is 6.01. The molecule has 1 aliphatic rings. The third-order valence-corrected chi connectivity index (χ3v) is 3.39. The minimum absolute atomic E-state index is 0.0365. The van der Waals surface area contributed by atoms with Gasteiger partial charge in [0.15, 0.2) is 0 Å². The number of hydroxylamine groups is 2. The van der Waals surface area contributed by atoms with Crippen LogP contribution < -0.4 is 5.32 Å². The van der Waals surface area contributed by atoms with Gasteiger partial charge in [-0.05, 0) is 24.6 Å². The summed E-state index contributed by atoms with van der Waals surface area (Å²) in [6.07, 6.45) is -1.01. The van der Waals surface area contributed by atoms with Crippen LogP contribution in [0.1, 0.15) is 25.3 Å². The summed E-state index contributed by atoms with van der Waals surface area (Å²) in [6, 6.07) is 4.21. The van der Waals surface area contributed by atoms with Crippen molar-refractivity contribution in [3.63, 3.8) is 0 Å². The van der Waals surface area contributed by atoms with Crippen molar-refractivity contribution in [3.8, 4) is 0 Å². The van der Waals surface area contributed by atoms with E-state index in [1.165, 1.54) is 31.2 Å². The molecule has 1 fully saturated rings. The quantitative estimate of drug-likeness (QED) is 0.443. The van der Waals surface area contributed by atoms with Crippen LogP contribution in [0.5, 0.6) is 0 Å². The lowest BCUT2D eigenvalue weighted by Gasteiger charge is -2.17. The number of nitrogens with zero attached hydrogens (tertiary/aromatic N) is 2. The zero-order valence-corrected chi connectivity index (χ0v) is 13.7. The molecule has 1 aliphatic heterocycles. The molecular formula is C15H15N3O8. The van der Waals surface area contributed by atoms with Crippen molar-refractivity contribution in [1.82, 2.24) is 10.4 Å². The molecule has 0 bridgehead atoms. The number of alkyl carbamates (subject to hydrolysis) is 1. The van der Waals surface area contributed by atoms with Gasteiger partial charge in [-0.1, -0.05) is 0 Å². The van der Waals surface area contributed by atoms with E-state index in [9.17, 15) is 29.3 Å². The van der Waals surface area contributed by atoms with Gasteiger partial charge in [0, 0.05) is 25.0 Å². The van der Waals surface area contributed by atoms with Crippen LogP contribution in [0, 0.1) is 10.1 Å². The summed E-state index contributed by atoms with van der Waals surface area (Å²) in [5, 5.41) is 13.1. The second kappa shape index (κ2) is 8.05. The Morgan fingerprint density at radius 3 is 2.35 bits per heavy atom. The van der Waals surface area contributed by atoms with Gasteiger partial charge in [0.1, 0.15) is 12.6 Å². The fraction of sp³-hybridized carbons (Fsp3) is 0.333. The normalized spacial score (nSPS) is 14.7. The molecule has 0 spiro atoms. The molecule has 0 aliphatic carbocycles. The van der Waals surface area contributed by atoms with Gasteiger partial charge < -0.3 is 14.9 Å². The topological polar surface area (TPSA) is 145 Å². The van der Waals surface area contributed by atoms with Gasteiger partial charge in [-0.2, -0.15) is 0 Å². The number of rotatable bonds is 6. The average Bonchev–Trinajstić information content (AvgIpc) is 2.92. The fourth-order valence-electron chi connectivity index (χ4n) is 1.97. The molecule has 0 radical (unpaired) electrons. The molecule has 3 amide bonds. The first-order chi connectivity index (χ1) is 12.3. The highest BCUT2D eigenvalue weighted by Gasteiger charge is 2.34. The molecule has 1 aromatic rings. The van der Waals surface area contributed by atoms with E-state index in [0.29, 0.717) is 10.6 Å². The van der Waals surface area contributed by atoms with Crippen molar-refractivity contribution in [1.29, 1.82) is 0 Å². The number of ether oxygens (including phenoxy) is 1. The first kappa shape index (κ1) is 18.8. The molecule has 1 atom stereocenters. The van der Waals surface area contributed by atoms with Gasteiger partial charge in [-0.25, -0.2) is 9.59 Å². The molecule has 138 valence electrons. The fourth-order valence-corrected chi connectivity index (χ4v) is 1.97. The Labute approximate surface area is 146 Å². The summed E-state index contributed by atoms with van der Waals surface area (Å²) >= 11 is 0. The Morgan fingerprint density at radius 1 is 1.23 bits per heavy atom. The van der Waals surface area contributed by atoms with Crippen LogP contribution >= 0.6 is 0 Å². The summed E-state index contributed by atoms with van der Waals surface area (Å²) < 4.78 is 4.89. The van der Waals surface area contributed by atoms with E-state index in [4.69, 9.17) is 4.74 Å². The molecule has 1 heterocycles. The van der Waals surface area contributed by atoms with Crippen LogP contribution in [-0.2, 0) is 30.6 Å². The van der Waals surface area contributed by atoms with Crippen LogP contribution in [0.25, 0.3) is 0 Å². The number of non-ortho nitro benzene ring substituents is 1. The van der Waals surface area contributed by atoms with E-state index >= 15 is 0 Å². The third-order valence-electron chi connectivity index (χ3n) is 3.39. The summed E-state index contributed by atoms with van der Waals surface area (Å²) in [6.45, 7) is 1.12. The smallest absolute Gasteiger partial charge is 0.408 e. The minimum Gasteiger partial charge on any atom is -0.445 e. The number of benzene rings is 1. The maximum atomic E-state index is 11.8. The monoisotopic (exact) mass is 365 g/mol. The molecule has 26 heavy (non-hydrogen) atoms. The first-order valence-corrected chi connectivity index (χ1v) is 7.52. The summed E-state index contributed by atoms with van der Waals surface area (Å²) in [5.41, 5.74) is 0.412. The predicted octanol–water partition coefficient (Wildman–Crippen LogP) is 0.817. The van der Waals surface area contributed by atoms with Gasteiger partial charge in [-0.15, -0.1) is 5.06 Å². The predicted molar refractivity (Wildman–Crippen MR) is 83.1 cm³/mol. The molecule has 1 saturated heterocycles. The Morgan fingerprint density at radius 2 is 1.81 bits per heavy atom. The van der Waals surface area contributed by atoms with Gasteiger partial charge in [0.05, 0.1) is 4.92 Å². The van der Waals surface area contributed by atoms with Crippen LogP contribution in [0.2, 0.25) is 0 Å². The summed E-state index contributed by atoms with van der Waals surface area (Å²) in [7, 11) is 0. The standard InChI is InChI=1S/C15H15N3O8/c1-9(14(21)26-17-12(19)6-7-13(17)20)16-15(22)25-8-10-2-4-11(5-3-10)18(23)24/h2-5,9H,6-8H2,1H3,(H,16,22)/t9-/m0/s1. The highest BCUT2D eigenvalue weighted by Crippen LogP contribution is 2.13. The van der Waals surface area contributed by atoms with Crippen LogP contribution in [0.15, 0.2) is 24.3 Å². The van der Waals surface area contributed by atoms with Gasteiger partial charge in [0.2, 0.25) is 0 Å². The number of nitro benzene ring substituents is 1. The van der Waals surface area contributed by atoms with Gasteiger partial charge >= 0.3 is 12.1 Å². The Balaban J connectivity index is 1.79. The maximum absolute atomic E-state index is 11.8. The zero-order chi connectivity index (χ0) is 19.3. The van der Waals surface area contributed by atoms with E-state index in [1.54, 1.807) is 0 Å². The molecule has 0 saturated carbocycles. The first-order valence-electron chi connectivity index (χ1n) is 7.52. The lowest BCUT2D eigenvalue weighted by atomic mass is 10.2. The second-order valence-electron chi connectivity index (χ2n) is 5.36. The van der Waals surface area contributed by atoms with Crippen molar-refractivity contribution < 1.29 is 33.7 Å². The molecule has 1 N–H and O–H groups in total. The van der Waals surface area contributed by atoms with Crippen molar-refractivity contribution in [3.05, 3.63) is 39.9 Å². The van der Waals surface area contributed by atoms with Crippen molar-refractivity contribution in [2.75, 3.05) is 0 Å². The van der Waals surface area contributed by atoms with E-state index < -0.39 is 34.8 Å². The van der Waals surface area contributed by atoms with Crippen LogP contribution in [0.4, 0.5) is 10.5 Å². The Bertz CT molecular complexity index is 730. The SMILES string of the molecule is C[C@H](NC(=O)OCc1ccc([N+](=O)[O-])cc1)C(=O)ON1C(=O)CCC1=O. The molecule has 2 rings (SSSR count). The number of nitrogens with one attached hydrogen (secondary N) is 1. The number of carbonyl (C=O) groups is 4. The van der Waals surface area contributed by atoms with Crippen molar-refractivity contribution in [2.24, 2.45) is 0 Å². The Hall–Kier alpha value is -3.50. The summed E-state index contributed by atoms with van der Waals surface area (Å²) in [4.78, 5) is 60.9. The zero-order valence-electron chi connectivity index (χ0n) is 13.7. The number of hydrogen-bond donors (Lipinski definition) is 1. The molecule has 0 aromatic heterocycles.